The van der Waals surface area contributed by atoms with Crippen molar-refractivity contribution in [3.63, 3.8) is 0 Å². The van der Waals surface area contributed by atoms with Gasteiger partial charge in [0.15, 0.2) is 0 Å². The average Bonchev–Trinajstić information content (AvgIpc) is 3.06. The number of carbonyl (C=O) groups excluding carboxylic acids is 2. The number of benzene rings is 1. The Bertz CT molecular complexity index is 597. The summed E-state index contributed by atoms with van der Waals surface area (Å²) in [5, 5.41) is 10.4. The third kappa shape index (κ3) is 4.85. The molecular weight excluding hydrogens is 330 g/mol. The molecule has 0 radical (unpaired) electrons. The summed E-state index contributed by atoms with van der Waals surface area (Å²) in [5.74, 6) is -0.0145. The van der Waals surface area contributed by atoms with Crippen molar-refractivity contribution in [2.75, 3.05) is 6.54 Å². The lowest BCUT2D eigenvalue weighted by atomic mass is 9.84. The predicted molar refractivity (Wildman–Crippen MR) is 98.2 cm³/mol. The van der Waals surface area contributed by atoms with Gasteiger partial charge in [-0.2, -0.15) is 0 Å². The maximum absolute atomic E-state index is 12.4. The van der Waals surface area contributed by atoms with Gasteiger partial charge in [-0.25, -0.2) is 4.79 Å². The Morgan fingerprint density at radius 2 is 1.88 bits per heavy atom. The van der Waals surface area contributed by atoms with E-state index in [-0.39, 0.29) is 24.6 Å². The van der Waals surface area contributed by atoms with Crippen molar-refractivity contribution < 1.29 is 19.4 Å². The molecule has 3 rings (SSSR count). The summed E-state index contributed by atoms with van der Waals surface area (Å²) in [4.78, 5) is 26.2. The fraction of sp³-hybridized carbons (Fsp3) is 0.619. The molecule has 1 heterocycles. The van der Waals surface area contributed by atoms with Crippen LogP contribution < -0.4 is 0 Å². The number of nitrogens with zero attached hydrogens (tertiary/aromatic N) is 1. The first-order valence-corrected chi connectivity index (χ1v) is 9.83. The van der Waals surface area contributed by atoms with Crippen LogP contribution in [-0.4, -0.2) is 40.6 Å². The first-order chi connectivity index (χ1) is 12.6. The predicted octanol–water partition coefficient (Wildman–Crippen LogP) is 3.05. The number of carbonyl (C=O) groups is 2. The van der Waals surface area contributed by atoms with Crippen molar-refractivity contribution in [3.05, 3.63) is 35.9 Å². The van der Waals surface area contributed by atoms with Gasteiger partial charge in [-0.15, -0.1) is 0 Å². The number of esters is 1. The first kappa shape index (κ1) is 18.9. The highest BCUT2D eigenvalue weighted by Gasteiger charge is 2.37. The minimum Gasteiger partial charge on any atom is -0.459 e. The van der Waals surface area contributed by atoms with E-state index in [1.807, 2.05) is 30.3 Å². The van der Waals surface area contributed by atoms with E-state index in [0.29, 0.717) is 31.7 Å². The van der Waals surface area contributed by atoms with Gasteiger partial charge in [0.1, 0.15) is 12.6 Å². The Balaban J connectivity index is 1.50. The van der Waals surface area contributed by atoms with E-state index in [4.69, 9.17) is 4.74 Å². The van der Waals surface area contributed by atoms with Gasteiger partial charge in [0.25, 0.3) is 0 Å². The molecule has 1 aromatic rings. The lowest BCUT2D eigenvalue weighted by molar-refractivity contribution is -0.153. The van der Waals surface area contributed by atoms with Crippen LogP contribution in [0.3, 0.4) is 0 Å². The van der Waals surface area contributed by atoms with Crippen LogP contribution in [0.1, 0.15) is 56.9 Å². The number of hydrogen-bond donors (Lipinski definition) is 1. The lowest BCUT2D eigenvalue weighted by Gasteiger charge is -2.29. The Kier molecular flexibility index (Phi) is 6.67. The van der Waals surface area contributed by atoms with Gasteiger partial charge < -0.3 is 14.7 Å². The van der Waals surface area contributed by atoms with Gasteiger partial charge in [-0.05, 0) is 37.2 Å². The van der Waals surface area contributed by atoms with Crippen LogP contribution in [0, 0.1) is 5.92 Å². The van der Waals surface area contributed by atoms with Crippen LogP contribution in [0.25, 0.3) is 0 Å². The number of hydrogen-bond acceptors (Lipinski definition) is 4. The number of aliphatic hydroxyl groups is 1. The maximum Gasteiger partial charge on any atom is 0.329 e. The van der Waals surface area contributed by atoms with Gasteiger partial charge in [0.2, 0.25) is 5.91 Å². The molecule has 5 nitrogen and oxygen atoms in total. The van der Waals surface area contributed by atoms with E-state index < -0.39 is 6.04 Å². The lowest BCUT2D eigenvalue weighted by Crippen LogP contribution is -2.41. The van der Waals surface area contributed by atoms with Crippen molar-refractivity contribution in [2.24, 2.45) is 5.92 Å². The highest BCUT2D eigenvalue weighted by atomic mass is 16.5. The van der Waals surface area contributed by atoms with E-state index in [1.54, 1.807) is 4.90 Å². The fourth-order valence-electron chi connectivity index (χ4n) is 4.11. The molecule has 2 fully saturated rings. The molecule has 1 aromatic carbocycles. The molecule has 1 N–H and O–H groups in total. The first-order valence-electron chi connectivity index (χ1n) is 9.83. The normalized spacial score (nSPS) is 22.4. The number of rotatable bonds is 7. The number of ether oxygens (including phenoxy) is 1. The van der Waals surface area contributed by atoms with Crippen LogP contribution in [0.4, 0.5) is 0 Å². The molecule has 26 heavy (non-hydrogen) atoms. The number of likely N-dealkylation sites (tertiary alicyclic amines) is 1. The molecule has 1 saturated carbocycles. The van der Waals surface area contributed by atoms with Gasteiger partial charge in [0.05, 0.1) is 6.10 Å². The molecule has 0 unspecified atom stereocenters. The molecule has 1 aliphatic heterocycles. The van der Waals surface area contributed by atoms with E-state index in [2.05, 4.69) is 0 Å². The van der Waals surface area contributed by atoms with Crippen LogP contribution in [-0.2, 0) is 20.9 Å². The number of amides is 1. The summed E-state index contributed by atoms with van der Waals surface area (Å²) in [6.45, 7) is 0.657. The molecule has 2 atom stereocenters. The van der Waals surface area contributed by atoms with E-state index in [0.717, 1.165) is 18.4 Å². The summed E-state index contributed by atoms with van der Waals surface area (Å²) in [6.07, 6.45) is 6.79. The summed E-state index contributed by atoms with van der Waals surface area (Å²) < 4.78 is 5.42. The summed E-state index contributed by atoms with van der Waals surface area (Å²) in [7, 11) is 0. The molecule has 0 aromatic heterocycles. The quantitative estimate of drug-likeness (QED) is 0.760. The molecule has 1 aliphatic carbocycles. The zero-order valence-corrected chi connectivity index (χ0v) is 15.3. The SMILES string of the molecule is O=C(OCc1ccccc1)[C@H]1CCC(=O)N1CC[C@@H](O)C1CCCCC1. The van der Waals surface area contributed by atoms with Crippen LogP contribution in [0.5, 0.6) is 0 Å². The topological polar surface area (TPSA) is 66.8 Å². The van der Waals surface area contributed by atoms with Crippen LogP contribution >= 0.6 is 0 Å². The standard InChI is InChI=1S/C21H29NO4/c23-19(17-9-5-2-6-10-17)13-14-22-18(11-12-20(22)24)21(25)26-15-16-7-3-1-4-8-16/h1,3-4,7-8,17-19,23H,2,5-6,9-15H2/t18-,19-/m1/s1. The molecule has 2 aliphatic rings. The second-order valence-electron chi connectivity index (χ2n) is 7.49. The van der Waals surface area contributed by atoms with Crippen molar-refractivity contribution in [1.82, 2.24) is 4.90 Å². The maximum atomic E-state index is 12.4. The van der Waals surface area contributed by atoms with Crippen molar-refractivity contribution >= 4 is 11.9 Å². The summed E-state index contributed by atoms with van der Waals surface area (Å²) in [6, 6.07) is 9.03. The Morgan fingerprint density at radius 3 is 2.62 bits per heavy atom. The van der Waals surface area contributed by atoms with Crippen molar-refractivity contribution in [1.29, 1.82) is 0 Å². The molecule has 142 valence electrons. The third-order valence-electron chi connectivity index (χ3n) is 5.68. The average molecular weight is 359 g/mol. The molecule has 0 spiro atoms. The third-order valence-corrected chi connectivity index (χ3v) is 5.68. The highest BCUT2D eigenvalue weighted by Crippen LogP contribution is 2.29. The Morgan fingerprint density at radius 1 is 1.15 bits per heavy atom. The largest absolute Gasteiger partial charge is 0.459 e. The van der Waals surface area contributed by atoms with Crippen molar-refractivity contribution in [3.8, 4) is 0 Å². The fourth-order valence-corrected chi connectivity index (χ4v) is 4.11. The number of aliphatic hydroxyl groups excluding tert-OH is 1. The molecule has 5 heteroatoms. The monoisotopic (exact) mass is 359 g/mol. The van der Waals surface area contributed by atoms with E-state index in [9.17, 15) is 14.7 Å². The highest BCUT2D eigenvalue weighted by molar-refractivity contribution is 5.88. The minimum atomic E-state index is -0.509. The Labute approximate surface area is 155 Å². The van der Waals surface area contributed by atoms with E-state index in [1.165, 1.54) is 19.3 Å². The smallest absolute Gasteiger partial charge is 0.329 e. The summed E-state index contributed by atoms with van der Waals surface area (Å²) >= 11 is 0. The molecular formula is C21H29NO4. The van der Waals surface area contributed by atoms with Crippen LogP contribution in [0.2, 0.25) is 0 Å². The second-order valence-corrected chi connectivity index (χ2v) is 7.49. The Hall–Kier alpha value is -1.88. The van der Waals surface area contributed by atoms with Crippen LogP contribution in [0.15, 0.2) is 30.3 Å². The second kappa shape index (κ2) is 9.17. The minimum absolute atomic E-state index is 0.0116. The van der Waals surface area contributed by atoms with Gasteiger partial charge in [-0.3, -0.25) is 4.79 Å². The van der Waals surface area contributed by atoms with Gasteiger partial charge in [-0.1, -0.05) is 49.6 Å². The molecule has 1 amide bonds. The zero-order chi connectivity index (χ0) is 18.4. The van der Waals surface area contributed by atoms with E-state index >= 15 is 0 Å². The van der Waals surface area contributed by atoms with Gasteiger partial charge in [0, 0.05) is 13.0 Å². The zero-order valence-electron chi connectivity index (χ0n) is 15.3. The molecule has 1 saturated heterocycles. The molecule has 0 bridgehead atoms. The van der Waals surface area contributed by atoms with Crippen molar-refractivity contribution in [2.45, 2.75) is 70.1 Å². The van der Waals surface area contributed by atoms with Gasteiger partial charge >= 0.3 is 5.97 Å². The summed E-state index contributed by atoms with van der Waals surface area (Å²) in [5.41, 5.74) is 0.935.